The average molecular weight is 433 g/mol. The summed E-state index contributed by atoms with van der Waals surface area (Å²) in [6.45, 7) is 3.90. The molecule has 0 fully saturated rings. The van der Waals surface area contributed by atoms with Crippen LogP contribution >= 0.6 is 12.2 Å². The maximum Gasteiger partial charge on any atom is 0.336 e. The number of anilines is 1. The number of thiocarbonyl (C=S) groups is 1. The zero-order chi connectivity index (χ0) is 22.3. The van der Waals surface area contributed by atoms with E-state index >= 15 is 0 Å². The third kappa shape index (κ3) is 3.87. The molecule has 2 aliphatic rings. The number of carboxylic acids is 1. The number of carbonyl (C=O) groups is 1. The molecule has 1 aliphatic carbocycles. The fourth-order valence-corrected chi connectivity index (χ4v) is 3.57. The van der Waals surface area contributed by atoms with Crippen LogP contribution in [0, 0.1) is 5.92 Å². The lowest BCUT2D eigenvalue weighted by atomic mass is 9.90. The van der Waals surface area contributed by atoms with Crippen molar-refractivity contribution in [3.8, 4) is 28.2 Å². The van der Waals surface area contributed by atoms with Crippen LogP contribution in [-0.2, 0) is 0 Å². The molecular formula is C24H19NO5S. The summed E-state index contributed by atoms with van der Waals surface area (Å²) < 4.78 is 5.84. The molecule has 0 aromatic heterocycles. The minimum atomic E-state index is -1.10. The number of fused-ring (bicyclic) bond motifs is 2. The molecular weight excluding hydrogens is 414 g/mol. The Labute approximate surface area is 183 Å². The molecule has 3 N–H and O–H groups in total. The first-order valence-corrected chi connectivity index (χ1v) is 10.0. The Bertz CT molecular complexity index is 1370. The molecule has 6 nitrogen and oxygen atoms in total. The highest BCUT2D eigenvalue weighted by Crippen LogP contribution is 2.42. The Balaban J connectivity index is 2.02. The van der Waals surface area contributed by atoms with Crippen molar-refractivity contribution in [1.29, 1.82) is 0 Å². The van der Waals surface area contributed by atoms with Gasteiger partial charge in [-0.1, -0.05) is 32.1 Å². The Hall–Kier alpha value is -3.71. The number of aromatic carboxylic acids is 1. The van der Waals surface area contributed by atoms with Crippen LogP contribution in [0.15, 0.2) is 63.8 Å². The van der Waals surface area contributed by atoms with E-state index in [-0.39, 0.29) is 22.7 Å². The smallest absolute Gasteiger partial charge is 0.336 e. The molecule has 4 rings (SSSR count). The number of nitrogens with one attached hydrogen (secondary N) is 1. The maximum absolute atomic E-state index is 12.2. The molecule has 0 atom stereocenters. The van der Waals surface area contributed by atoms with Gasteiger partial charge in [-0.15, -0.1) is 0 Å². The minimum Gasteiger partial charge on any atom is -0.508 e. The molecule has 0 spiro atoms. The number of phenolic OH excluding ortho intramolecular Hbond substituents is 1. The molecule has 1 heterocycles. The van der Waals surface area contributed by atoms with Gasteiger partial charge in [0, 0.05) is 40.3 Å². The quantitative estimate of drug-likeness (QED) is 0.294. The first kappa shape index (κ1) is 20.6. The lowest BCUT2D eigenvalue weighted by Gasteiger charge is -2.18. The van der Waals surface area contributed by atoms with Gasteiger partial charge in [-0.2, -0.15) is 0 Å². The third-order valence-electron chi connectivity index (χ3n) is 4.99. The standard InChI is InChI=1S/C24H19NO5S/c1-12(2)23(31)25-13-3-6-16(19(9-13)24(28)29)22-17-7-4-14(26)10-20(17)30-21-11-15(27)5-8-18(21)22/h3-12,26H,1-2H3,(H,25,31)(H,28,29). The van der Waals surface area contributed by atoms with Crippen LogP contribution < -0.4 is 10.7 Å². The van der Waals surface area contributed by atoms with E-state index in [1.165, 1.54) is 30.3 Å². The number of benzene rings is 3. The highest BCUT2D eigenvalue weighted by Gasteiger charge is 2.22. The van der Waals surface area contributed by atoms with Crippen molar-refractivity contribution in [2.75, 3.05) is 5.32 Å². The second kappa shape index (κ2) is 7.85. The molecule has 0 saturated heterocycles. The van der Waals surface area contributed by atoms with Crippen LogP contribution in [-0.4, -0.2) is 21.2 Å². The van der Waals surface area contributed by atoms with Gasteiger partial charge in [0.1, 0.15) is 17.1 Å². The van der Waals surface area contributed by atoms with E-state index in [4.69, 9.17) is 16.6 Å². The van der Waals surface area contributed by atoms with Gasteiger partial charge in [0.05, 0.1) is 10.6 Å². The van der Waals surface area contributed by atoms with Crippen LogP contribution in [0.1, 0.15) is 24.2 Å². The van der Waals surface area contributed by atoms with Gasteiger partial charge in [-0.25, -0.2) is 4.79 Å². The second-order valence-corrected chi connectivity index (χ2v) is 7.96. The van der Waals surface area contributed by atoms with Gasteiger partial charge in [-0.05, 0) is 42.0 Å². The number of rotatable bonds is 4. The topological polar surface area (TPSA) is 99.8 Å². The third-order valence-corrected chi connectivity index (χ3v) is 5.56. The molecule has 2 aromatic rings. The predicted molar refractivity (Wildman–Crippen MR) is 124 cm³/mol. The number of hydrogen-bond donors (Lipinski definition) is 3. The summed E-state index contributed by atoms with van der Waals surface area (Å²) in [5.41, 5.74) is 2.42. The van der Waals surface area contributed by atoms with Crippen molar-refractivity contribution < 1.29 is 19.4 Å². The summed E-state index contributed by atoms with van der Waals surface area (Å²) in [4.78, 5) is 24.7. The summed E-state index contributed by atoms with van der Waals surface area (Å²) in [7, 11) is 0. The average Bonchev–Trinajstić information content (AvgIpc) is 2.71. The lowest BCUT2D eigenvalue weighted by Crippen LogP contribution is -2.16. The van der Waals surface area contributed by atoms with E-state index in [2.05, 4.69) is 5.32 Å². The van der Waals surface area contributed by atoms with E-state index in [1.54, 1.807) is 24.3 Å². The largest absolute Gasteiger partial charge is 0.508 e. The van der Waals surface area contributed by atoms with E-state index < -0.39 is 5.97 Å². The van der Waals surface area contributed by atoms with E-state index in [0.29, 0.717) is 44.1 Å². The normalized spacial score (nSPS) is 11.2. The maximum atomic E-state index is 12.2. The van der Waals surface area contributed by atoms with Crippen LogP contribution in [0.2, 0.25) is 0 Å². The van der Waals surface area contributed by atoms with Crippen molar-refractivity contribution in [3.63, 3.8) is 0 Å². The van der Waals surface area contributed by atoms with Crippen LogP contribution in [0.4, 0.5) is 5.69 Å². The number of phenols is 1. The first-order chi connectivity index (χ1) is 14.7. The van der Waals surface area contributed by atoms with Crippen LogP contribution in [0.5, 0.6) is 5.75 Å². The predicted octanol–water partition coefficient (Wildman–Crippen LogP) is 5.36. The Morgan fingerprint density at radius 3 is 2.48 bits per heavy atom. The molecule has 0 radical (unpaired) electrons. The minimum absolute atomic E-state index is 0.0000295. The van der Waals surface area contributed by atoms with E-state index in [9.17, 15) is 19.8 Å². The monoisotopic (exact) mass is 433 g/mol. The highest BCUT2D eigenvalue weighted by atomic mass is 32.1. The van der Waals surface area contributed by atoms with E-state index in [1.807, 2.05) is 13.8 Å². The summed E-state index contributed by atoms with van der Waals surface area (Å²) in [5.74, 6) is -0.684. The van der Waals surface area contributed by atoms with Crippen molar-refractivity contribution in [2.24, 2.45) is 5.92 Å². The molecule has 0 unspecified atom stereocenters. The van der Waals surface area contributed by atoms with Gasteiger partial charge >= 0.3 is 5.97 Å². The molecule has 0 bridgehead atoms. The number of hydrogen-bond acceptors (Lipinski definition) is 5. The summed E-state index contributed by atoms with van der Waals surface area (Å²) in [5, 5.41) is 23.5. The van der Waals surface area contributed by atoms with Crippen molar-refractivity contribution in [2.45, 2.75) is 13.8 Å². The van der Waals surface area contributed by atoms with Crippen molar-refractivity contribution in [1.82, 2.24) is 0 Å². The van der Waals surface area contributed by atoms with Gasteiger partial charge in [0.15, 0.2) is 5.43 Å². The van der Waals surface area contributed by atoms with E-state index in [0.717, 1.165) is 0 Å². The zero-order valence-corrected chi connectivity index (χ0v) is 17.6. The SMILES string of the molecule is CC(C)C(=S)Nc1ccc(-c2c3ccc(=O)cc-3oc3cc(O)ccc23)c(C(=O)O)c1. The molecule has 2 aromatic carbocycles. The number of carboxylic acid groups (broad SMARTS) is 1. The summed E-state index contributed by atoms with van der Waals surface area (Å²) >= 11 is 5.32. The molecule has 0 saturated carbocycles. The van der Waals surface area contributed by atoms with Gasteiger partial charge in [-0.3, -0.25) is 4.79 Å². The fourth-order valence-electron chi connectivity index (χ4n) is 3.45. The summed E-state index contributed by atoms with van der Waals surface area (Å²) in [6.07, 6.45) is 0. The van der Waals surface area contributed by atoms with Gasteiger partial charge in [0.2, 0.25) is 0 Å². The lowest BCUT2D eigenvalue weighted by molar-refractivity contribution is 0.0698. The molecule has 1 aliphatic heterocycles. The van der Waals surface area contributed by atoms with Crippen molar-refractivity contribution in [3.05, 3.63) is 70.4 Å². The number of aromatic hydroxyl groups is 1. The molecule has 0 amide bonds. The van der Waals surface area contributed by atoms with Gasteiger partial charge in [0.25, 0.3) is 0 Å². The fraction of sp³-hybridized carbons (Fsp3) is 0.125. The molecule has 7 heteroatoms. The van der Waals surface area contributed by atoms with Crippen LogP contribution in [0.25, 0.3) is 33.4 Å². The molecule has 31 heavy (non-hydrogen) atoms. The van der Waals surface area contributed by atoms with Crippen molar-refractivity contribution >= 4 is 39.8 Å². The van der Waals surface area contributed by atoms with Crippen LogP contribution in [0.3, 0.4) is 0 Å². The Kier molecular flexibility index (Phi) is 5.20. The Morgan fingerprint density at radius 1 is 1.03 bits per heavy atom. The van der Waals surface area contributed by atoms with Gasteiger partial charge < -0.3 is 19.9 Å². The zero-order valence-electron chi connectivity index (χ0n) is 16.8. The second-order valence-electron chi connectivity index (χ2n) is 7.52. The Morgan fingerprint density at radius 2 is 1.77 bits per heavy atom. The first-order valence-electron chi connectivity index (χ1n) is 9.63. The summed E-state index contributed by atoms with van der Waals surface area (Å²) in [6, 6.07) is 14.0. The molecule has 156 valence electrons. The highest BCUT2D eigenvalue weighted by molar-refractivity contribution is 7.80.